The first-order valence-electron chi connectivity index (χ1n) is 18.4. The van der Waals surface area contributed by atoms with E-state index < -0.39 is 6.10 Å². The molecule has 0 saturated heterocycles. The molecule has 1 atom stereocenters. The predicted molar refractivity (Wildman–Crippen MR) is 178 cm³/mol. The first kappa shape index (κ1) is 41.4. The van der Waals surface area contributed by atoms with E-state index in [9.17, 15) is 14.4 Å². The summed E-state index contributed by atoms with van der Waals surface area (Å²) in [6.07, 6.45) is 27.0. The summed E-state index contributed by atoms with van der Waals surface area (Å²) in [5.74, 6) is -0.0696. The summed E-state index contributed by atoms with van der Waals surface area (Å²) >= 11 is 0. The maximum atomic E-state index is 12.5. The Hall–Kier alpha value is -1.59. The van der Waals surface area contributed by atoms with E-state index in [0.717, 1.165) is 70.1 Å². The summed E-state index contributed by atoms with van der Waals surface area (Å²) in [4.78, 5) is 37.0. The van der Waals surface area contributed by atoms with Crippen LogP contribution in [0.5, 0.6) is 0 Å². The Kier molecular flexibility index (Phi) is 30.6. The Bertz CT molecular complexity index is 647. The fourth-order valence-electron chi connectivity index (χ4n) is 5.21. The van der Waals surface area contributed by atoms with Gasteiger partial charge in [0.05, 0.1) is 0 Å². The maximum absolute atomic E-state index is 12.5. The third-order valence-electron chi connectivity index (χ3n) is 8.04. The molecule has 0 bridgehead atoms. The van der Waals surface area contributed by atoms with Crippen molar-refractivity contribution in [2.45, 2.75) is 201 Å². The molecule has 0 aromatic carbocycles. The third-order valence-corrected chi connectivity index (χ3v) is 8.04. The van der Waals surface area contributed by atoms with Crippen molar-refractivity contribution >= 4 is 17.9 Å². The van der Waals surface area contributed by atoms with Crippen molar-refractivity contribution in [1.82, 2.24) is 0 Å². The molecule has 0 saturated carbocycles. The third kappa shape index (κ3) is 31.6. The second-order valence-electron chi connectivity index (χ2n) is 13.0. The van der Waals surface area contributed by atoms with Crippen molar-refractivity contribution < 1.29 is 28.6 Å². The molecule has 0 unspecified atom stereocenters. The van der Waals surface area contributed by atoms with Gasteiger partial charge in [0.1, 0.15) is 13.2 Å². The molecule has 254 valence electrons. The van der Waals surface area contributed by atoms with Crippen LogP contribution in [0.2, 0.25) is 0 Å². The predicted octanol–water partition coefficient (Wildman–Crippen LogP) is 10.8. The molecule has 0 aromatic heterocycles. The van der Waals surface area contributed by atoms with Crippen LogP contribution < -0.4 is 0 Å². The minimum atomic E-state index is -0.754. The number of unbranched alkanes of at least 4 members (excludes halogenated alkanes) is 19. The lowest BCUT2D eigenvalue weighted by molar-refractivity contribution is -0.167. The van der Waals surface area contributed by atoms with Gasteiger partial charge in [-0.1, -0.05) is 156 Å². The molecular formula is C37H70O6. The van der Waals surface area contributed by atoms with Crippen LogP contribution in [0.15, 0.2) is 0 Å². The van der Waals surface area contributed by atoms with Crippen LogP contribution in [-0.2, 0) is 28.6 Å². The lowest BCUT2D eigenvalue weighted by Crippen LogP contribution is -2.30. The lowest BCUT2D eigenvalue weighted by atomic mass is 10.0. The molecule has 6 heteroatoms. The number of rotatable bonds is 32. The van der Waals surface area contributed by atoms with Crippen LogP contribution in [0, 0.1) is 5.92 Å². The largest absolute Gasteiger partial charge is 0.462 e. The van der Waals surface area contributed by atoms with E-state index in [0.29, 0.717) is 19.3 Å². The standard InChI is InChI=1S/C37H70O6/c1-5-7-9-11-16-22-26-30-37(40)43-34(31-41-35(38)28-24-19-10-8-6-2)32-42-36(39)29-25-21-18-15-13-12-14-17-20-23-27-33(3)4/h33-34H,5-32H2,1-4H3/t34-/m0/s1. The molecule has 0 heterocycles. The Morgan fingerprint density at radius 2 is 0.767 bits per heavy atom. The zero-order valence-electron chi connectivity index (χ0n) is 28.9. The van der Waals surface area contributed by atoms with E-state index in [1.54, 1.807) is 0 Å². The first-order valence-corrected chi connectivity index (χ1v) is 18.4. The monoisotopic (exact) mass is 611 g/mol. The number of ether oxygens (including phenoxy) is 3. The second-order valence-corrected chi connectivity index (χ2v) is 13.0. The van der Waals surface area contributed by atoms with Crippen molar-refractivity contribution in [2.24, 2.45) is 5.92 Å². The van der Waals surface area contributed by atoms with Gasteiger partial charge in [0, 0.05) is 19.3 Å². The van der Waals surface area contributed by atoms with Gasteiger partial charge in [-0.05, 0) is 25.2 Å². The Labute approximate surface area is 266 Å². The highest BCUT2D eigenvalue weighted by molar-refractivity contribution is 5.71. The minimum Gasteiger partial charge on any atom is -0.462 e. The number of hydrogen-bond donors (Lipinski definition) is 0. The zero-order chi connectivity index (χ0) is 31.8. The van der Waals surface area contributed by atoms with Gasteiger partial charge < -0.3 is 14.2 Å². The summed E-state index contributed by atoms with van der Waals surface area (Å²) in [5.41, 5.74) is 0. The molecule has 6 nitrogen and oxygen atoms in total. The van der Waals surface area contributed by atoms with Gasteiger partial charge in [0.25, 0.3) is 0 Å². The van der Waals surface area contributed by atoms with Crippen LogP contribution in [0.4, 0.5) is 0 Å². The van der Waals surface area contributed by atoms with Crippen molar-refractivity contribution in [3.8, 4) is 0 Å². The fourth-order valence-corrected chi connectivity index (χ4v) is 5.21. The molecular weight excluding hydrogens is 540 g/mol. The Morgan fingerprint density at radius 1 is 0.442 bits per heavy atom. The molecule has 0 rings (SSSR count). The van der Waals surface area contributed by atoms with E-state index in [4.69, 9.17) is 14.2 Å². The van der Waals surface area contributed by atoms with E-state index in [1.807, 2.05) is 0 Å². The van der Waals surface area contributed by atoms with Crippen LogP contribution in [0.3, 0.4) is 0 Å². The van der Waals surface area contributed by atoms with Crippen molar-refractivity contribution in [3.63, 3.8) is 0 Å². The molecule has 0 aliphatic rings. The van der Waals surface area contributed by atoms with Crippen molar-refractivity contribution in [3.05, 3.63) is 0 Å². The SMILES string of the molecule is CCCCCCCCCC(=O)O[C@@H](COC(=O)CCCCCCC)COC(=O)CCCCCCCCCCCCC(C)C. The topological polar surface area (TPSA) is 78.9 Å². The number of hydrogen-bond acceptors (Lipinski definition) is 6. The highest BCUT2D eigenvalue weighted by Gasteiger charge is 2.19. The molecule has 0 radical (unpaired) electrons. The number of carbonyl (C=O) groups excluding carboxylic acids is 3. The normalized spacial score (nSPS) is 11.9. The molecule has 0 N–H and O–H groups in total. The molecule has 0 spiro atoms. The van der Waals surface area contributed by atoms with Crippen LogP contribution in [0.25, 0.3) is 0 Å². The highest BCUT2D eigenvalue weighted by atomic mass is 16.6. The smallest absolute Gasteiger partial charge is 0.306 e. The van der Waals surface area contributed by atoms with Gasteiger partial charge in [0.2, 0.25) is 0 Å². The molecule has 0 aliphatic heterocycles. The average molecular weight is 611 g/mol. The summed E-state index contributed by atoms with van der Waals surface area (Å²) < 4.78 is 16.4. The highest BCUT2D eigenvalue weighted by Crippen LogP contribution is 2.15. The van der Waals surface area contributed by atoms with Crippen molar-refractivity contribution in [2.75, 3.05) is 13.2 Å². The van der Waals surface area contributed by atoms with Gasteiger partial charge >= 0.3 is 17.9 Å². The van der Waals surface area contributed by atoms with E-state index in [2.05, 4.69) is 27.7 Å². The van der Waals surface area contributed by atoms with Crippen LogP contribution >= 0.6 is 0 Å². The summed E-state index contributed by atoms with van der Waals surface area (Å²) in [7, 11) is 0. The Balaban J connectivity index is 4.22. The molecule has 0 aromatic rings. The average Bonchev–Trinajstić information content (AvgIpc) is 2.98. The maximum Gasteiger partial charge on any atom is 0.306 e. The number of esters is 3. The minimum absolute atomic E-state index is 0.0669. The van der Waals surface area contributed by atoms with Crippen molar-refractivity contribution in [1.29, 1.82) is 0 Å². The Morgan fingerprint density at radius 3 is 1.14 bits per heavy atom. The molecule has 0 amide bonds. The lowest BCUT2D eigenvalue weighted by Gasteiger charge is -2.18. The number of carbonyl (C=O) groups is 3. The quantitative estimate of drug-likeness (QED) is 0.0428. The van der Waals surface area contributed by atoms with Gasteiger partial charge in [-0.3, -0.25) is 14.4 Å². The van der Waals surface area contributed by atoms with E-state index in [1.165, 1.54) is 83.5 Å². The molecule has 43 heavy (non-hydrogen) atoms. The van der Waals surface area contributed by atoms with Gasteiger partial charge in [-0.25, -0.2) is 0 Å². The fraction of sp³-hybridized carbons (Fsp3) is 0.919. The van der Waals surface area contributed by atoms with E-state index in [-0.39, 0.29) is 31.1 Å². The van der Waals surface area contributed by atoms with Gasteiger partial charge in [-0.15, -0.1) is 0 Å². The molecule has 0 fully saturated rings. The summed E-state index contributed by atoms with van der Waals surface area (Å²) in [5, 5.41) is 0. The second kappa shape index (κ2) is 31.8. The van der Waals surface area contributed by atoms with Crippen LogP contribution in [0.1, 0.15) is 195 Å². The van der Waals surface area contributed by atoms with Gasteiger partial charge in [-0.2, -0.15) is 0 Å². The van der Waals surface area contributed by atoms with E-state index >= 15 is 0 Å². The van der Waals surface area contributed by atoms with Gasteiger partial charge in [0.15, 0.2) is 6.10 Å². The first-order chi connectivity index (χ1) is 20.9. The summed E-state index contributed by atoms with van der Waals surface area (Å²) in [6.45, 7) is 8.82. The summed E-state index contributed by atoms with van der Waals surface area (Å²) in [6, 6.07) is 0. The zero-order valence-corrected chi connectivity index (χ0v) is 28.9. The molecule has 0 aliphatic carbocycles. The van der Waals surface area contributed by atoms with Crippen LogP contribution in [-0.4, -0.2) is 37.2 Å².